The van der Waals surface area contributed by atoms with Crippen molar-refractivity contribution in [2.24, 2.45) is 0 Å². The molecule has 92 valence electrons. The molecular weight excluding hydrogens is 344 g/mol. The molecular formula is C12H5BrN4S2. The molecule has 0 bridgehead atoms. The third-order valence-electron chi connectivity index (χ3n) is 2.74. The molecule has 1 aromatic carbocycles. The van der Waals surface area contributed by atoms with Crippen LogP contribution in [-0.2, 0) is 0 Å². The fraction of sp³-hybridized carbons (Fsp3) is 0. The molecule has 0 atom stereocenters. The topological polar surface area (TPSA) is 51.6 Å². The van der Waals surface area contributed by atoms with Gasteiger partial charge in [0, 0.05) is 6.20 Å². The average Bonchev–Trinajstić information content (AvgIpc) is 3.05. The van der Waals surface area contributed by atoms with E-state index in [-0.39, 0.29) is 0 Å². The highest BCUT2D eigenvalue weighted by Gasteiger charge is 2.15. The number of benzene rings is 1. The van der Waals surface area contributed by atoms with Crippen LogP contribution < -0.4 is 0 Å². The highest BCUT2D eigenvalue weighted by atomic mass is 79.9. The summed E-state index contributed by atoms with van der Waals surface area (Å²) in [7, 11) is 0. The van der Waals surface area contributed by atoms with E-state index in [1.807, 2.05) is 18.2 Å². The largest absolute Gasteiger partial charge is 0.250 e. The number of para-hydroxylation sites is 1. The zero-order chi connectivity index (χ0) is 12.8. The number of hydrogen-bond donors (Lipinski definition) is 0. The molecule has 0 aliphatic rings. The van der Waals surface area contributed by atoms with E-state index < -0.39 is 0 Å². The lowest BCUT2D eigenvalue weighted by atomic mass is 10.3. The third kappa shape index (κ3) is 1.77. The molecule has 0 spiro atoms. The van der Waals surface area contributed by atoms with Crippen LogP contribution in [0.1, 0.15) is 0 Å². The van der Waals surface area contributed by atoms with Crippen molar-refractivity contribution < 1.29 is 0 Å². The first-order chi connectivity index (χ1) is 9.33. The summed E-state index contributed by atoms with van der Waals surface area (Å²) in [5.74, 6) is 0. The number of aromatic nitrogens is 4. The summed E-state index contributed by atoms with van der Waals surface area (Å²) in [5.41, 5.74) is 3.43. The van der Waals surface area contributed by atoms with Crippen LogP contribution in [0, 0.1) is 0 Å². The van der Waals surface area contributed by atoms with Gasteiger partial charge in [-0.1, -0.05) is 12.1 Å². The van der Waals surface area contributed by atoms with Gasteiger partial charge in [-0.2, -0.15) is 8.75 Å². The Labute approximate surface area is 124 Å². The Balaban J connectivity index is 2.03. The van der Waals surface area contributed by atoms with Gasteiger partial charge in [0.05, 0.1) is 26.4 Å². The van der Waals surface area contributed by atoms with Gasteiger partial charge in [0.1, 0.15) is 21.7 Å². The number of halogens is 1. The molecule has 3 heterocycles. The molecule has 4 nitrogen and oxygen atoms in total. The van der Waals surface area contributed by atoms with Crippen molar-refractivity contribution in [3.05, 3.63) is 34.9 Å². The molecule has 3 aromatic heterocycles. The van der Waals surface area contributed by atoms with Crippen molar-refractivity contribution in [2.45, 2.75) is 0 Å². The molecule has 0 saturated heterocycles. The molecule has 0 fully saturated rings. The van der Waals surface area contributed by atoms with Gasteiger partial charge in [0.2, 0.25) is 0 Å². The molecule has 0 saturated carbocycles. The molecule has 0 amide bonds. The van der Waals surface area contributed by atoms with E-state index in [4.69, 9.17) is 0 Å². The second-order valence-corrected chi connectivity index (χ2v) is 6.32. The van der Waals surface area contributed by atoms with Gasteiger partial charge in [0.15, 0.2) is 0 Å². The van der Waals surface area contributed by atoms with E-state index in [1.54, 1.807) is 17.5 Å². The van der Waals surface area contributed by atoms with Crippen LogP contribution in [0.25, 0.3) is 32.0 Å². The van der Waals surface area contributed by atoms with Crippen LogP contribution in [0.5, 0.6) is 0 Å². The van der Waals surface area contributed by atoms with Gasteiger partial charge >= 0.3 is 0 Å². The molecule has 0 radical (unpaired) electrons. The number of hydrogen-bond acceptors (Lipinski definition) is 6. The van der Waals surface area contributed by atoms with Crippen molar-refractivity contribution in [1.29, 1.82) is 0 Å². The first-order valence-corrected chi connectivity index (χ1v) is 7.79. The molecule has 7 heteroatoms. The molecule has 0 N–H and O–H groups in total. The van der Waals surface area contributed by atoms with Crippen molar-refractivity contribution in [3.8, 4) is 10.7 Å². The van der Waals surface area contributed by atoms with Gasteiger partial charge in [-0.3, -0.25) is 4.98 Å². The van der Waals surface area contributed by atoms with Crippen LogP contribution in [-0.4, -0.2) is 18.7 Å². The lowest BCUT2D eigenvalue weighted by Gasteiger charge is -1.97. The maximum atomic E-state index is 4.62. The van der Waals surface area contributed by atoms with Gasteiger partial charge in [-0.15, -0.1) is 11.3 Å². The lowest BCUT2D eigenvalue weighted by molar-refractivity contribution is 1.31. The number of rotatable bonds is 1. The Kier molecular flexibility index (Phi) is 2.57. The summed E-state index contributed by atoms with van der Waals surface area (Å²) in [6.45, 7) is 0. The minimum atomic E-state index is 0.799. The van der Waals surface area contributed by atoms with E-state index in [0.717, 1.165) is 36.4 Å². The Morgan fingerprint density at radius 1 is 1.05 bits per heavy atom. The van der Waals surface area contributed by atoms with E-state index in [0.29, 0.717) is 0 Å². The predicted octanol–water partition coefficient (Wildman–Crippen LogP) is 4.13. The van der Waals surface area contributed by atoms with E-state index in [9.17, 15) is 0 Å². The predicted molar refractivity (Wildman–Crippen MR) is 81.5 cm³/mol. The third-order valence-corrected chi connectivity index (χ3v) is 4.89. The second-order valence-electron chi connectivity index (χ2n) is 3.90. The van der Waals surface area contributed by atoms with Crippen LogP contribution in [0.3, 0.4) is 0 Å². The van der Waals surface area contributed by atoms with Crippen LogP contribution >= 0.6 is 39.0 Å². The minimum absolute atomic E-state index is 0.799. The smallest absolute Gasteiger partial charge is 0.145 e. The fourth-order valence-corrected chi connectivity index (χ4v) is 3.90. The summed E-state index contributed by atoms with van der Waals surface area (Å²) in [5, 5.41) is 0.881. The van der Waals surface area contributed by atoms with E-state index in [2.05, 4.69) is 40.7 Å². The number of thiazole rings is 1. The summed E-state index contributed by atoms with van der Waals surface area (Å²) in [4.78, 5) is 9.07. The first kappa shape index (κ1) is 11.4. The number of fused-ring (bicyclic) bond motifs is 2. The molecule has 0 aliphatic carbocycles. The maximum Gasteiger partial charge on any atom is 0.145 e. The number of nitrogens with zero attached hydrogens (tertiary/aromatic N) is 4. The fourth-order valence-electron chi connectivity index (χ4n) is 1.87. The second kappa shape index (κ2) is 4.29. The standard InChI is InChI=1S/C12H5BrN4S2/c13-6-5-14-11(10-9(6)16-19-17-10)12-15-7-3-1-2-4-8(7)18-12/h1-5H. The maximum absolute atomic E-state index is 4.62. The first-order valence-electron chi connectivity index (χ1n) is 5.45. The van der Waals surface area contributed by atoms with Gasteiger partial charge in [-0.25, -0.2) is 4.98 Å². The SMILES string of the molecule is Brc1cnc(-c2nc3ccccc3s2)c2nsnc12. The monoisotopic (exact) mass is 348 g/mol. The molecule has 0 unspecified atom stereocenters. The summed E-state index contributed by atoms with van der Waals surface area (Å²) in [6.07, 6.45) is 1.76. The molecule has 4 aromatic rings. The van der Waals surface area contributed by atoms with Crippen molar-refractivity contribution in [3.63, 3.8) is 0 Å². The highest BCUT2D eigenvalue weighted by Crippen LogP contribution is 2.34. The van der Waals surface area contributed by atoms with Gasteiger partial charge in [0.25, 0.3) is 0 Å². The Bertz CT molecular complexity index is 866. The minimum Gasteiger partial charge on any atom is -0.250 e. The molecule has 4 rings (SSSR count). The Hall–Kier alpha value is -1.44. The Morgan fingerprint density at radius 2 is 1.89 bits per heavy atom. The lowest BCUT2D eigenvalue weighted by Crippen LogP contribution is -1.85. The van der Waals surface area contributed by atoms with Crippen molar-refractivity contribution in [1.82, 2.24) is 18.7 Å². The molecule has 0 aliphatic heterocycles. The van der Waals surface area contributed by atoms with Gasteiger partial charge in [-0.05, 0) is 28.1 Å². The van der Waals surface area contributed by atoms with Gasteiger partial charge < -0.3 is 0 Å². The van der Waals surface area contributed by atoms with Crippen LogP contribution in [0.15, 0.2) is 34.9 Å². The zero-order valence-corrected chi connectivity index (χ0v) is 12.6. The molecule has 19 heavy (non-hydrogen) atoms. The van der Waals surface area contributed by atoms with E-state index in [1.165, 1.54) is 11.7 Å². The van der Waals surface area contributed by atoms with E-state index >= 15 is 0 Å². The summed E-state index contributed by atoms with van der Waals surface area (Å²) >= 11 is 6.25. The van der Waals surface area contributed by atoms with Crippen molar-refractivity contribution >= 4 is 60.2 Å². The summed E-state index contributed by atoms with van der Waals surface area (Å²) in [6, 6.07) is 8.07. The zero-order valence-electron chi connectivity index (χ0n) is 9.37. The van der Waals surface area contributed by atoms with Crippen molar-refractivity contribution in [2.75, 3.05) is 0 Å². The quantitative estimate of drug-likeness (QED) is 0.519. The normalized spacial score (nSPS) is 11.4. The number of pyridine rings is 1. The summed E-state index contributed by atoms with van der Waals surface area (Å²) < 4.78 is 10.6. The van der Waals surface area contributed by atoms with Crippen LogP contribution in [0.2, 0.25) is 0 Å². The highest BCUT2D eigenvalue weighted by molar-refractivity contribution is 9.10. The van der Waals surface area contributed by atoms with Crippen LogP contribution in [0.4, 0.5) is 0 Å². The average molecular weight is 349 g/mol. The Morgan fingerprint density at radius 3 is 2.79 bits per heavy atom.